The summed E-state index contributed by atoms with van der Waals surface area (Å²) in [5.74, 6) is 0. The van der Waals surface area contributed by atoms with E-state index < -0.39 is 12.6 Å². The normalized spacial score (nSPS) is 12.1. The SMILES string of the molecule is Cc1cc(CNCCCC(F)(F)F)c(C)n1C. The van der Waals surface area contributed by atoms with Gasteiger partial charge in [-0.2, -0.15) is 13.2 Å². The van der Waals surface area contributed by atoms with Crippen LogP contribution in [0.25, 0.3) is 0 Å². The lowest BCUT2D eigenvalue weighted by Crippen LogP contribution is -2.18. The van der Waals surface area contributed by atoms with Crippen molar-refractivity contribution in [2.45, 2.75) is 39.4 Å². The maximum Gasteiger partial charge on any atom is 0.389 e. The topological polar surface area (TPSA) is 17.0 Å². The molecule has 2 nitrogen and oxygen atoms in total. The molecule has 0 amide bonds. The monoisotopic (exact) mass is 248 g/mol. The smallest absolute Gasteiger partial charge is 0.352 e. The number of nitrogens with zero attached hydrogens (tertiary/aromatic N) is 1. The summed E-state index contributed by atoms with van der Waals surface area (Å²) in [5, 5.41) is 3.04. The Morgan fingerprint density at radius 2 is 1.94 bits per heavy atom. The highest BCUT2D eigenvalue weighted by Crippen LogP contribution is 2.20. The highest BCUT2D eigenvalue weighted by molar-refractivity contribution is 5.26. The maximum absolute atomic E-state index is 11.9. The standard InChI is InChI=1S/C12H19F3N2/c1-9-7-11(10(2)17(9)3)8-16-6-4-5-12(13,14)15/h7,16H,4-6,8H2,1-3H3. The van der Waals surface area contributed by atoms with E-state index in [9.17, 15) is 13.2 Å². The number of nitrogens with one attached hydrogen (secondary N) is 1. The highest BCUT2D eigenvalue weighted by atomic mass is 19.4. The fourth-order valence-corrected chi connectivity index (χ4v) is 1.75. The van der Waals surface area contributed by atoms with E-state index in [1.165, 1.54) is 0 Å². The third-order valence-corrected chi connectivity index (χ3v) is 3.01. The lowest BCUT2D eigenvalue weighted by Gasteiger charge is -2.07. The minimum atomic E-state index is -4.04. The Morgan fingerprint density at radius 1 is 1.29 bits per heavy atom. The Hall–Kier alpha value is -0.970. The molecule has 0 spiro atoms. The van der Waals surface area contributed by atoms with E-state index in [4.69, 9.17) is 0 Å². The number of halogens is 3. The van der Waals surface area contributed by atoms with Gasteiger partial charge in [0.2, 0.25) is 0 Å². The fourth-order valence-electron chi connectivity index (χ4n) is 1.75. The quantitative estimate of drug-likeness (QED) is 0.792. The first-order chi connectivity index (χ1) is 7.81. The number of aromatic nitrogens is 1. The molecule has 1 aromatic rings. The van der Waals surface area contributed by atoms with Gasteiger partial charge in [-0.15, -0.1) is 0 Å². The van der Waals surface area contributed by atoms with Crippen LogP contribution in [-0.4, -0.2) is 17.3 Å². The van der Waals surface area contributed by atoms with E-state index in [1.807, 2.05) is 20.9 Å². The van der Waals surface area contributed by atoms with E-state index in [1.54, 1.807) is 0 Å². The molecule has 0 bridgehead atoms. The zero-order valence-corrected chi connectivity index (χ0v) is 10.5. The van der Waals surface area contributed by atoms with Crippen molar-refractivity contribution in [2.24, 2.45) is 7.05 Å². The average Bonchev–Trinajstić information content (AvgIpc) is 2.44. The van der Waals surface area contributed by atoms with Crippen LogP contribution < -0.4 is 5.32 Å². The van der Waals surface area contributed by atoms with Crippen LogP contribution in [-0.2, 0) is 13.6 Å². The van der Waals surface area contributed by atoms with E-state index >= 15 is 0 Å². The van der Waals surface area contributed by atoms with Gasteiger partial charge < -0.3 is 9.88 Å². The van der Waals surface area contributed by atoms with Gasteiger partial charge in [-0.1, -0.05) is 0 Å². The molecule has 5 heteroatoms. The molecule has 0 aromatic carbocycles. The van der Waals surface area contributed by atoms with Crippen LogP contribution in [0.1, 0.15) is 29.8 Å². The summed E-state index contributed by atoms with van der Waals surface area (Å²) in [5.41, 5.74) is 3.47. The van der Waals surface area contributed by atoms with Crippen molar-refractivity contribution in [2.75, 3.05) is 6.54 Å². The van der Waals surface area contributed by atoms with Crippen molar-refractivity contribution in [3.63, 3.8) is 0 Å². The van der Waals surface area contributed by atoms with Crippen LogP contribution in [0.4, 0.5) is 13.2 Å². The van der Waals surface area contributed by atoms with Gasteiger partial charge in [-0.25, -0.2) is 0 Å². The van der Waals surface area contributed by atoms with Gasteiger partial charge in [0.1, 0.15) is 0 Å². The first-order valence-electron chi connectivity index (χ1n) is 5.70. The molecule has 0 aliphatic heterocycles. The fraction of sp³-hybridized carbons (Fsp3) is 0.667. The second kappa shape index (κ2) is 5.58. The molecule has 0 unspecified atom stereocenters. The zero-order chi connectivity index (χ0) is 13.1. The molecular formula is C12H19F3N2. The summed E-state index contributed by atoms with van der Waals surface area (Å²) in [6, 6.07) is 2.06. The highest BCUT2D eigenvalue weighted by Gasteiger charge is 2.25. The third-order valence-electron chi connectivity index (χ3n) is 3.01. The van der Waals surface area contributed by atoms with Crippen LogP contribution in [0.5, 0.6) is 0 Å². The molecule has 0 radical (unpaired) electrons. The van der Waals surface area contributed by atoms with Crippen molar-refractivity contribution >= 4 is 0 Å². The molecule has 0 fully saturated rings. The Labute approximate surface area is 99.8 Å². The summed E-state index contributed by atoms with van der Waals surface area (Å²) in [7, 11) is 1.98. The molecule has 17 heavy (non-hydrogen) atoms. The van der Waals surface area contributed by atoms with Gasteiger partial charge in [0, 0.05) is 31.4 Å². The van der Waals surface area contributed by atoms with Gasteiger partial charge in [0.05, 0.1) is 0 Å². The van der Waals surface area contributed by atoms with Crippen LogP contribution >= 0.6 is 0 Å². The summed E-state index contributed by atoms with van der Waals surface area (Å²) < 4.78 is 37.8. The molecule has 98 valence electrons. The number of hydrogen-bond acceptors (Lipinski definition) is 1. The van der Waals surface area contributed by atoms with Crippen LogP contribution in [0, 0.1) is 13.8 Å². The second-order valence-electron chi connectivity index (χ2n) is 4.35. The largest absolute Gasteiger partial charge is 0.389 e. The maximum atomic E-state index is 11.9. The van der Waals surface area contributed by atoms with E-state index in [0.717, 1.165) is 17.0 Å². The van der Waals surface area contributed by atoms with E-state index in [2.05, 4.69) is 16.0 Å². The molecule has 1 heterocycles. The molecule has 0 atom stereocenters. The molecular weight excluding hydrogens is 229 g/mol. The average molecular weight is 248 g/mol. The predicted molar refractivity (Wildman–Crippen MR) is 61.9 cm³/mol. The number of alkyl halides is 3. The molecule has 0 saturated heterocycles. The summed E-state index contributed by atoms with van der Waals surface area (Å²) in [4.78, 5) is 0. The summed E-state index contributed by atoms with van der Waals surface area (Å²) in [6.07, 6.45) is -4.62. The Morgan fingerprint density at radius 3 is 2.41 bits per heavy atom. The number of hydrogen-bond donors (Lipinski definition) is 1. The minimum absolute atomic E-state index is 0.133. The Bertz CT molecular complexity index is 367. The van der Waals surface area contributed by atoms with E-state index in [0.29, 0.717) is 13.1 Å². The van der Waals surface area contributed by atoms with E-state index in [-0.39, 0.29) is 6.42 Å². The Kier molecular flexibility index (Phi) is 4.62. The zero-order valence-electron chi connectivity index (χ0n) is 10.5. The summed E-state index contributed by atoms with van der Waals surface area (Å²) in [6.45, 7) is 5.05. The van der Waals surface area contributed by atoms with Gasteiger partial charge in [0.15, 0.2) is 0 Å². The number of aryl methyl sites for hydroxylation is 1. The molecule has 1 rings (SSSR count). The number of rotatable bonds is 5. The predicted octanol–water partition coefficient (Wildman–Crippen LogP) is 3.07. The minimum Gasteiger partial charge on any atom is -0.352 e. The van der Waals surface area contributed by atoms with Crippen molar-refractivity contribution in [1.29, 1.82) is 0 Å². The first-order valence-corrected chi connectivity index (χ1v) is 5.70. The lowest BCUT2D eigenvalue weighted by atomic mass is 10.2. The molecule has 1 aromatic heterocycles. The van der Waals surface area contributed by atoms with Crippen molar-refractivity contribution < 1.29 is 13.2 Å². The van der Waals surface area contributed by atoms with Crippen LogP contribution in [0.2, 0.25) is 0 Å². The second-order valence-corrected chi connectivity index (χ2v) is 4.35. The van der Waals surface area contributed by atoms with Crippen molar-refractivity contribution in [3.05, 3.63) is 23.0 Å². The molecule has 0 aliphatic rings. The Balaban J connectivity index is 2.29. The third kappa shape index (κ3) is 4.42. The van der Waals surface area contributed by atoms with Gasteiger partial charge >= 0.3 is 6.18 Å². The van der Waals surface area contributed by atoms with Crippen LogP contribution in [0.3, 0.4) is 0 Å². The van der Waals surface area contributed by atoms with Crippen molar-refractivity contribution in [3.8, 4) is 0 Å². The van der Waals surface area contributed by atoms with Gasteiger partial charge in [0.25, 0.3) is 0 Å². The van der Waals surface area contributed by atoms with Crippen molar-refractivity contribution in [1.82, 2.24) is 9.88 Å². The van der Waals surface area contributed by atoms with Gasteiger partial charge in [-0.05, 0) is 38.4 Å². The molecule has 0 saturated carbocycles. The molecule has 1 N–H and O–H groups in total. The van der Waals surface area contributed by atoms with Crippen LogP contribution in [0.15, 0.2) is 6.07 Å². The molecule has 0 aliphatic carbocycles. The lowest BCUT2D eigenvalue weighted by molar-refractivity contribution is -0.135. The van der Waals surface area contributed by atoms with Gasteiger partial charge in [-0.3, -0.25) is 0 Å². The summed E-state index contributed by atoms with van der Waals surface area (Å²) >= 11 is 0. The first kappa shape index (κ1) is 14.1.